The molecule has 0 radical (unpaired) electrons. The minimum absolute atomic E-state index is 0.254. The summed E-state index contributed by atoms with van der Waals surface area (Å²) >= 11 is 1.42. The van der Waals surface area contributed by atoms with Crippen LogP contribution in [0.1, 0.15) is 11.3 Å². The fraction of sp³-hybridized carbons (Fsp3) is 0.286. The monoisotopic (exact) mass is 318 g/mol. The summed E-state index contributed by atoms with van der Waals surface area (Å²) in [5.41, 5.74) is 1.71. The number of rotatable bonds is 3. The Hall–Kier alpha value is -2.35. The zero-order chi connectivity index (χ0) is 15.7. The minimum Gasteiger partial charge on any atom is -0.493 e. The van der Waals surface area contributed by atoms with E-state index in [2.05, 4.69) is 15.3 Å². The van der Waals surface area contributed by atoms with Crippen LogP contribution in [-0.4, -0.2) is 40.6 Å². The molecule has 1 aromatic heterocycles. The maximum Gasteiger partial charge on any atom is 0.296 e. The first-order valence-electron chi connectivity index (χ1n) is 6.53. The SMILES string of the molecule is COc1ccc(C2=Nn3c(nnc(C)c3=O)SC2)cc1OC. The minimum atomic E-state index is -0.254. The summed E-state index contributed by atoms with van der Waals surface area (Å²) in [4.78, 5) is 12.1. The van der Waals surface area contributed by atoms with Crippen molar-refractivity contribution in [3.63, 3.8) is 0 Å². The van der Waals surface area contributed by atoms with Crippen LogP contribution in [0, 0.1) is 6.92 Å². The topological polar surface area (TPSA) is 78.6 Å². The lowest BCUT2D eigenvalue weighted by atomic mass is 10.1. The van der Waals surface area contributed by atoms with Crippen molar-refractivity contribution in [2.24, 2.45) is 5.10 Å². The Morgan fingerprint density at radius 1 is 1.18 bits per heavy atom. The highest BCUT2D eigenvalue weighted by Crippen LogP contribution is 2.29. The molecule has 114 valence electrons. The van der Waals surface area contributed by atoms with Gasteiger partial charge in [-0.1, -0.05) is 11.8 Å². The Kier molecular flexibility index (Phi) is 3.84. The Morgan fingerprint density at radius 3 is 2.68 bits per heavy atom. The summed E-state index contributed by atoms with van der Waals surface area (Å²) < 4.78 is 11.8. The zero-order valence-electron chi connectivity index (χ0n) is 12.4. The number of ether oxygens (including phenoxy) is 2. The van der Waals surface area contributed by atoms with Gasteiger partial charge >= 0.3 is 0 Å². The first-order valence-corrected chi connectivity index (χ1v) is 7.52. The van der Waals surface area contributed by atoms with E-state index in [1.54, 1.807) is 21.1 Å². The number of hydrogen-bond donors (Lipinski definition) is 0. The molecule has 0 saturated carbocycles. The van der Waals surface area contributed by atoms with Gasteiger partial charge < -0.3 is 9.47 Å². The average Bonchev–Trinajstić information content (AvgIpc) is 2.57. The van der Waals surface area contributed by atoms with Crippen LogP contribution in [-0.2, 0) is 0 Å². The highest BCUT2D eigenvalue weighted by Gasteiger charge is 2.19. The highest BCUT2D eigenvalue weighted by molar-refractivity contribution is 7.99. The maximum absolute atomic E-state index is 12.1. The van der Waals surface area contributed by atoms with Gasteiger partial charge in [0, 0.05) is 11.3 Å². The molecule has 0 amide bonds. The molecule has 2 aromatic rings. The third-order valence-electron chi connectivity index (χ3n) is 3.24. The summed E-state index contributed by atoms with van der Waals surface area (Å²) in [6.45, 7) is 1.62. The van der Waals surface area contributed by atoms with Crippen molar-refractivity contribution in [2.45, 2.75) is 12.1 Å². The normalized spacial score (nSPS) is 13.3. The van der Waals surface area contributed by atoms with Gasteiger partial charge in [0.15, 0.2) is 11.5 Å². The largest absolute Gasteiger partial charge is 0.493 e. The average molecular weight is 318 g/mol. The fourth-order valence-corrected chi connectivity index (χ4v) is 2.90. The Morgan fingerprint density at radius 2 is 1.95 bits per heavy atom. The van der Waals surface area contributed by atoms with Gasteiger partial charge in [-0.05, 0) is 25.1 Å². The van der Waals surface area contributed by atoms with Crippen molar-refractivity contribution >= 4 is 17.5 Å². The second-order valence-corrected chi connectivity index (χ2v) is 5.53. The summed E-state index contributed by atoms with van der Waals surface area (Å²) in [6.07, 6.45) is 0. The molecule has 1 aliphatic rings. The van der Waals surface area contributed by atoms with Crippen LogP contribution >= 0.6 is 11.8 Å². The van der Waals surface area contributed by atoms with Crippen molar-refractivity contribution in [1.29, 1.82) is 0 Å². The summed E-state index contributed by atoms with van der Waals surface area (Å²) in [5, 5.41) is 12.7. The lowest BCUT2D eigenvalue weighted by molar-refractivity contribution is 0.355. The van der Waals surface area contributed by atoms with Crippen LogP contribution in [0.15, 0.2) is 33.3 Å². The molecule has 0 N–H and O–H groups in total. The van der Waals surface area contributed by atoms with E-state index in [4.69, 9.17) is 9.47 Å². The number of benzene rings is 1. The molecule has 0 spiro atoms. The van der Waals surface area contributed by atoms with Gasteiger partial charge in [-0.15, -0.1) is 10.2 Å². The van der Waals surface area contributed by atoms with E-state index in [1.165, 1.54) is 16.4 Å². The van der Waals surface area contributed by atoms with Crippen molar-refractivity contribution in [1.82, 2.24) is 14.9 Å². The van der Waals surface area contributed by atoms with Gasteiger partial charge in [0.05, 0.1) is 19.9 Å². The highest BCUT2D eigenvalue weighted by atomic mass is 32.2. The Bertz CT molecular complexity index is 816. The van der Waals surface area contributed by atoms with Gasteiger partial charge in [-0.25, -0.2) is 0 Å². The van der Waals surface area contributed by atoms with Crippen LogP contribution in [0.2, 0.25) is 0 Å². The number of aromatic nitrogens is 3. The van der Waals surface area contributed by atoms with Crippen molar-refractivity contribution in [3.05, 3.63) is 39.8 Å². The predicted molar refractivity (Wildman–Crippen MR) is 83.2 cm³/mol. The number of hydrogen-bond acceptors (Lipinski definition) is 7. The summed E-state index contributed by atoms with van der Waals surface area (Å²) in [5.74, 6) is 1.87. The molecule has 2 heterocycles. The number of methoxy groups -OCH3 is 2. The molecule has 22 heavy (non-hydrogen) atoms. The van der Waals surface area contributed by atoms with E-state index in [1.807, 2.05) is 18.2 Å². The molecule has 7 nitrogen and oxygen atoms in total. The first kappa shape index (κ1) is 14.6. The van der Waals surface area contributed by atoms with Gasteiger partial charge in [-0.3, -0.25) is 4.79 Å². The number of aryl methyl sites for hydroxylation is 1. The molecule has 8 heteroatoms. The van der Waals surface area contributed by atoms with E-state index in [9.17, 15) is 4.79 Å². The van der Waals surface area contributed by atoms with Crippen LogP contribution in [0.3, 0.4) is 0 Å². The van der Waals surface area contributed by atoms with Crippen LogP contribution < -0.4 is 15.0 Å². The van der Waals surface area contributed by atoms with Crippen molar-refractivity contribution < 1.29 is 9.47 Å². The number of fused-ring (bicyclic) bond motifs is 1. The van der Waals surface area contributed by atoms with Crippen LogP contribution in [0.25, 0.3) is 0 Å². The van der Waals surface area contributed by atoms with E-state index < -0.39 is 0 Å². The van der Waals surface area contributed by atoms with Crippen LogP contribution in [0.5, 0.6) is 11.5 Å². The Balaban J connectivity index is 2.08. The fourth-order valence-electron chi connectivity index (χ4n) is 2.06. The molecular formula is C14H14N4O3S. The molecule has 1 aliphatic heterocycles. The van der Waals surface area contributed by atoms with E-state index in [-0.39, 0.29) is 5.56 Å². The lowest BCUT2D eigenvalue weighted by Gasteiger charge is -2.16. The molecule has 0 saturated heterocycles. The lowest BCUT2D eigenvalue weighted by Crippen LogP contribution is -2.28. The van der Waals surface area contributed by atoms with E-state index in [0.717, 1.165) is 11.3 Å². The second-order valence-electron chi connectivity index (χ2n) is 4.59. The molecule has 1 aromatic carbocycles. The third-order valence-corrected chi connectivity index (χ3v) is 4.17. The third kappa shape index (κ3) is 2.45. The number of nitrogens with zero attached hydrogens (tertiary/aromatic N) is 4. The quantitative estimate of drug-likeness (QED) is 0.849. The Labute approximate surface area is 131 Å². The van der Waals surface area contributed by atoms with Crippen molar-refractivity contribution in [2.75, 3.05) is 20.0 Å². The van der Waals surface area contributed by atoms with Gasteiger partial charge in [-0.2, -0.15) is 9.78 Å². The predicted octanol–water partition coefficient (Wildman–Crippen LogP) is 1.32. The molecule has 0 aliphatic carbocycles. The van der Waals surface area contributed by atoms with Crippen molar-refractivity contribution in [3.8, 4) is 11.5 Å². The zero-order valence-corrected chi connectivity index (χ0v) is 13.2. The summed E-state index contributed by atoms with van der Waals surface area (Å²) in [6, 6.07) is 5.55. The molecule has 0 fully saturated rings. The first-order chi connectivity index (χ1) is 10.6. The van der Waals surface area contributed by atoms with Gasteiger partial charge in [0.25, 0.3) is 5.56 Å². The van der Waals surface area contributed by atoms with Gasteiger partial charge in [0.2, 0.25) is 5.16 Å². The molecule has 0 unspecified atom stereocenters. The number of thioether (sulfide) groups is 1. The van der Waals surface area contributed by atoms with E-state index >= 15 is 0 Å². The van der Waals surface area contributed by atoms with E-state index in [0.29, 0.717) is 28.1 Å². The standard InChI is InChI=1S/C14H14N4O3S/c1-8-13(19)18-14(16-15-8)22-7-10(17-18)9-4-5-11(20-2)12(6-9)21-3/h4-6H,7H2,1-3H3. The second kappa shape index (κ2) is 5.80. The maximum atomic E-state index is 12.1. The molecule has 3 rings (SSSR count). The molecule has 0 bridgehead atoms. The molecule has 0 atom stereocenters. The smallest absolute Gasteiger partial charge is 0.296 e. The van der Waals surface area contributed by atoms with Gasteiger partial charge in [0.1, 0.15) is 5.69 Å². The summed E-state index contributed by atoms with van der Waals surface area (Å²) in [7, 11) is 3.17. The molecular weight excluding hydrogens is 304 g/mol. The van der Waals surface area contributed by atoms with Crippen LogP contribution in [0.4, 0.5) is 0 Å².